The van der Waals surface area contributed by atoms with Gasteiger partial charge < -0.3 is 168 Å². The number of guanidine groups is 5. The first-order valence-corrected chi connectivity index (χ1v) is 42.1. The summed E-state index contributed by atoms with van der Waals surface area (Å²) < 4.78 is 0. The SMILES string of the molecule is CSCC[C@H](NC(=O)[C@H](CCCNC(=N)N)NC(=O)[C@H](CCCNC(=N)N)NC(=O)[C@H](CCCCN)NC(=O)[C@H](C)NC(=O)[C@H](CCCNC(=N)N)NC(=O)CNC(=O)[C@@H](NC(=O)c1ccc(=NN)[nH]c1)[C@@H](C)O)C(=O)N[C@@H](CCC(N)=O)C(=O)N[C@@H](Cc1ccc(O)cc1)C(=O)N[C@@H](CC(N)=O)C(=O)N[C@@H](CCCNC(=N)N)C(=O)N[C@@H](CCCNC(=N)N)C(=O)O. The van der Waals surface area contributed by atoms with E-state index in [1.54, 1.807) is 6.26 Å². The minimum Gasteiger partial charge on any atom is -0.508 e. The van der Waals surface area contributed by atoms with Gasteiger partial charge in [-0.2, -0.15) is 16.9 Å². The highest BCUT2D eigenvalue weighted by Crippen LogP contribution is 2.16. The lowest BCUT2D eigenvalue weighted by Gasteiger charge is -2.28. The zero-order chi connectivity index (χ0) is 96.1. The topological polar surface area (TPSA) is 932 Å². The highest BCUT2D eigenvalue weighted by atomic mass is 32.2. The molecular formula is C74H126N34O19S. The van der Waals surface area contributed by atoms with E-state index in [1.807, 2.05) is 0 Å². The molecule has 0 aliphatic carbocycles. The quantitative estimate of drug-likeness (QED) is 0.00961. The van der Waals surface area contributed by atoms with Crippen molar-refractivity contribution in [1.29, 1.82) is 27.0 Å². The molecule has 0 aliphatic rings. The molecule has 45 N–H and O–H groups in total. The number of carboxylic acids is 1. The minimum absolute atomic E-state index is 0.00305. The summed E-state index contributed by atoms with van der Waals surface area (Å²) in [5.74, 6) is -14.2. The maximum atomic E-state index is 14.9. The number of thioether (sulfide) groups is 1. The summed E-state index contributed by atoms with van der Waals surface area (Å²) in [6, 6.07) is -11.7. The molecule has 15 amide bonds. The molecule has 53 nitrogen and oxygen atoms in total. The number of unbranched alkanes of at least 4 members (excludes halogenated alkanes) is 1. The minimum atomic E-state index is -1.95. The number of H-pyrrole nitrogens is 1. The first kappa shape index (κ1) is 110. The smallest absolute Gasteiger partial charge is 0.326 e. The van der Waals surface area contributed by atoms with E-state index in [2.05, 4.69) is 106 Å². The van der Waals surface area contributed by atoms with Crippen LogP contribution in [-0.4, -0.2) is 281 Å². The van der Waals surface area contributed by atoms with Crippen LogP contribution in [-0.2, 0) is 78.3 Å². The van der Waals surface area contributed by atoms with Crippen molar-refractivity contribution in [2.75, 3.05) is 57.8 Å². The van der Waals surface area contributed by atoms with E-state index in [-0.39, 0.29) is 151 Å². The first-order valence-electron chi connectivity index (χ1n) is 40.7. The Bertz CT molecular complexity index is 4180. The number of aromatic hydroxyl groups is 1. The van der Waals surface area contributed by atoms with Crippen LogP contribution in [0.25, 0.3) is 0 Å². The van der Waals surface area contributed by atoms with Gasteiger partial charge in [0.15, 0.2) is 29.8 Å². The summed E-state index contributed by atoms with van der Waals surface area (Å²) in [5.41, 5.74) is 44.8. The van der Waals surface area contributed by atoms with Crippen molar-refractivity contribution >= 4 is 136 Å². The van der Waals surface area contributed by atoms with Gasteiger partial charge in [-0.15, -0.1) is 0 Å². The molecule has 54 heteroatoms. The number of carbonyl (C=O) groups excluding carboxylic acids is 15. The number of hydrogen-bond acceptors (Lipinski definition) is 27. The van der Waals surface area contributed by atoms with Crippen molar-refractivity contribution in [2.45, 2.75) is 208 Å². The largest absolute Gasteiger partial charge is 0.508 e. The lowest BCUT2D eigenvalue weighted by Crippen LogP contribution is -2.61. The summed E-state index contributed by atoms with van der Waals surface area (Å²) in [6.07, 6.45) is -2.05. The number of primary amides is 2. The average Bonchev–Trinajstić information content (AvgIpc) is 0.845. The molecule has 1 heterocycles. The van der Waals surface area contributed by atoms with Gasteiger partial charge in [-0.3, -0.25) is 99.0 Å². The molecule has 0 saturated carbocycles. The number of pyridine rings is 1. The highest BCUT2D eigenvalue weighted by Gasteiger charge is 2.38. The number of nitrogens with one attached hydrogen (secondary N) is 24. The van der Waals surface area contributed by atoms with Gasteiger partial charge in [0.05, 0.1) is 24.6 Å². The van der Waals surface area contributed by atoms with Crippen LogP contribution in [0.4, 0.5) is 0 Å². The Labute approximate surface area is 740 Å². The van der Waals surface area contributed by atoms with Crippen molar-refractivity contribution in [3.63, 3.8) is 0 Å². The second kappa shape index (κ2) is 59.7. The maximum Gasteiger partial charge on any atom is 0.326 e. The van der Waals surface area contributed by atoms with E-state index in [0.717, 1.165) is 0 Å². The van der Waals surface area contributed by atoms with Crippen LogP contribution in [0.5, 0.6) is 5.75 Å². The van der Waals surface area contributed by atoms with E-state index in [0.29, 0.717) is 6.42 Å². The number of rotatable bonds is 62. The lowest BCUT2D eigenvalue weighted by molar-refractivity contribution is -0.142. The van der Waals surface area contributed by atoms with Crippen LogP contribution in [0.15, 0.2) is 47.7 Å². The molecule has 128 heavy (non-hydrogen) atoms. The summed E-state index contributed by atoms with van der Waals surface area (Å²) in [6.45, 7) is 1.69. The first-order chi connectivity index (χ1) is 60.5. The van der Waals surface area contributed by atoms with Gasteiger partial charge in [-0.25, -0.2) is 4.79 Å². The molecule has 0 aliphatic heterocycles. The van der Waals surface area contributed by atoms with Crippen LogP contribution < -0.4 is 153 Å². The zero-order valence-corrected chi connectivity index (χ0v) is 72.2. The van der Waals surface area contributed by atoms with Gasteiger partial charge in [0.1, 0.15) is 83.7 Å². The predicted octanol–water partition coefficient (Wildman–Crippen LogP) is -11.9. The Morgan fingerprint density at radius 1 is 0.422 bits per heavy atom. The van der Waals surface area contributed by atoms with Crippen molar-refractivity contribution in [2.24, 2.45) is 56.8 Å². The number of phenolic OH excluding ortho intramolecular Hbond substituents is 1. The molecule has 13 atom stereocenters. The van der Waals surface area contributed by atoms with Crippen molar-refractivity contribution < 1.29 is 92.0 Å². The molecule has 2 rings (SSSR count). The van der Waals surface area contributed by atoms with E-state index in [9.17, 15) is 92.0 Å². The number of aliphatic hydroxyl groups excluding tert-OH is 1. The van der Waals surface area contributed by atoms with Crippen molar-refractivity contribution in [3.8, 4) is 5.75 Å². The molecule has 0 unspecified atom stereocenters. The number of phenols is 1. The fraction of sp³-hybridized carbons (Fsp3) is 0.568. The number of benzene rings is 1. The Kier molecular flexibility index (Phi) is 51.3. The molecule has 0 radical (unpaired) electrons. The van der Waals surface area contributed by atoms with E-state index >= 15 is 0 Å². The van der Waals surface area contributed by atoms with E-state index < -0.39 is 235 Å². The third kappa shape index (κ3) is 45.5. The van der Waals surface area contributed by atoms with Gasteiger partial charge in [-0.1, -0.05) is 12.1 Å². The predicted molar refractivity (Wildman–Crippen MR) is 467 cm³/mol. The Hall–Kier alpha value is -14.1. The molecule has 0 bridgehead atoms. The standard InChI is InChI=1S/C74H126N34O19S/c1-37(96-59(116)42(12-6-27-89-70(78)79)97-55(113)36-95-68(125)56(38(2)109)107-58(115)40-19-24-54(108-88)94-35-40)57(114)98-43(11-4-5-26-75)60(117)99-44(13-7-28-90-71(80)81)61(118)100-45(14-8-29-91-72(82)83)62(119)103-48(25-32-128-3)65(122)102-47(22-23-52(76)111)64(121)105-50(33-39-17-20-41(110)21-18-39)66(123)106-51(34-53(77)112)67(124)101-46(15-9-30-92-73(84)85)63(120)104-49(69(126)127)16-10-31-93-74(86)87/h17-21,24,35,37-38,42-51,56,109-110H,4-16,22-23,25-34,36,75,88H2,1-3H3,(H2,76,111)(H2,77,112)(H,94,108)(H,95,125)(H,96,116)(H,97,113)(H,98,114)(H,99,117)(H,100,118)(H,101,124)(H,102,122)(H,103,119)(H,104,120)(H,105,121)(H,106,123)(H,107,115)(H,126,127)(H4,78,79,89)(H4,80,81,90)(H4,82,83,91)(H4,84,85,92)(H4,86,87,93)/t37-,38+,42-,43-,44-,45-,46-,47-,48-,49-,50-,51-,56-/m0/s1. The van der Waals surface area contributed by atoms with Gasteiger partial charge in [0, 0.05) is 51.8 Å². The van der Waals surface area contributed by atoms with Gasteiger partial charge in [-0.05, 0) is 159 Å². The van der Waals surface area contributed by atoms with E-state index in [4.69, 9.17) is 78.8 Å². The number of carbonyl (C=O) groups is 16. The van der Waals surface area contributed by atoms with Crippen LogP contribution in [0.3, 0.4) is 0 Å². The lowest BCUT2D eigenvalue weighted by atomic mass is 10.0. The number of aromatic amines is 1. The molecular weight excluding hydrogens is 1700 g/mol. The molecule has 712 valence electrons. The second-order valence-corrected chi connectivity index (χ2v) is 30.3. The Morgan fingerprint density at radius 3 is 1.17 bits per heavy atom. The highest BCUT2D eigenvalue weighted by molar-refractivity contribution is 7.98. The number of hydrogen-bond donors (Lipinski definition) is 36. The summed E-state index contributed by atoms with van der Waals surface area (Å²) in [7, 11) is 0. The fourth-order valence-corrected chi connectivity index (χ4v) is 12.4. The summed E-state index contributed by atoms with van der Waals surface area (Å²) >= 11 is 1.21. The fourth-order valence-electron chi connectivity index (χ4n) is 11.9. The number of nitrogens with two attached hydrogens (primary N) is 9. The van der Waals surface area contributed by atoms with Crippen molar-refractivity contribution in [1.82, 2.24) is 101 Å². The molecule has 1 aromatic carbocycles. The van der Waals surface area contributed by atoms with Crippen LogP contribution >= 0.6 is 11.8 Å². The second-order valence-electron chi connectivity index (χ2n) is 29.3. The number of carboxylic acid groups (broad SMARTS) is 1. The maximum absolute atomic E-state index is 14.9. The number of aliphatic carboxylic acids is 1. The van der Waals surface area contributed by atoms with Crippen LogP contribution in [0.2, 0.25) is 0 Å². The third-order valence-corrected chi connectivity index (χ3v) is 19.3. The number of aromatic nitrogens is 1. The molecule has 2 aromatic rings. The average molecular weight is 1830 g/mol. The number of aliphatic hydroxyl groups is 1. The van der Waals surface area contributed by atoms with Gasteiger partial charge in [0.2, 0.25) is 82.7 Å². The zero-order valence-electron chi connectivity index (χ0n) is 71.4. The Morgan fingerprint density at radius 2 is 0.789 bits per heavy atom. The number of amides is 15. The number of nitrogens with zero attached hydrogens (tertiary/aromatic N) is 1. The Balaban J connectivity index is 2.63. The monoisotopic (exact) mass is 1830 g/mol. The molecule has 0 spiro atoms. The molecule has 0 saturated heterocycles. The molecule has 1 aromatic heterocycles. The summed E-state index contributed by atoms with van der Waals surface area (Å²) in [4.78, 5) is 225. The van der Waals surface area contributed by atoms with Gasteiger partial charge in [0.25, 0.3) is 5.91 Å². The third-order valence-electron chi connectivity index (χ3n) is 18.7. The van der Waals surface area contributed by atoms with Crippen LogP contribution in [0.1, 0.15) is 139 Å². The normalized spacial score (nSPS) is 14.0. The van der Waals surface area contributed by atoms with Crippen LogP contribution in [0, 0.1) is 27.0 Å². The summed E-state index contributed by atoms with van der Waals surface area (Å²) in [5, 5.41) is 117. The van der Waals surface area contributed by atoms with Gasteiger partial charge >= 0.3 is 5.97 Å². The van der Waals surface area contributed by atoms with Crippen molar-refractivity contribution in [3.05, 3.63) is 59.2 Å². The molecule has 0 fully saturated rings. The van der Waals surface area contributed by atoms with E-state index in [1.165, 1.54) is 68.2 Å².